The largest absolute Gasteiger partial charge is 0.294 e. The molecule has 0 fully saturated rings. The van der Waals surface area contributed by atoms with Crippen LogP contribution < -0.4 is 0 Å². The molecule has 0 aliphatic heterocycles. The van der Waals surface area contributed by atoms with E-state index < -0.39 is 0 Å². The minimum atomic E-state index is -0.130. The average molecular weight is 313 g/mol. The first-order valence-electron chi connectivity index (χ1n) is 5.62. The third-order valence-corrected chi connectivity index (χ3v) is 3.91. The fraction of sp³-hybridized carbons (Fsp3) is 0.143. The Kier molecular flexibility index (Phi) is 4.75. The van der Waals surface area contributed by atoms with Crippen molar-refractivity contribution in [2.24, 2.45) is 0 Å². The molecular weight excluding hydrogens is 303 g/mol. The normalized spacial score (nSPS) is 10.4. The Labute approximate surface area is 125 Å². The molecule has 1 aromatic carbocycles. The molecule has 0 spiro atoms. The first kappa shape index (κ1) is 14.3. The minimum absolute atomic E-state index is 0.0172. The van der Waals surface area contributed by atoms with Crippen molar-refractivity contribution in [3.05, 3.63) is 56.2 Å². The van der Waals surface area contributed by atoms with Gasteiger partial charge in [-0.15, -0.1) is 11.3 Å². The molecule has 0 radical (unpaired) electrons. The molecule has 2 nitrogen and oxygen atoms in total. The molecule has 2 rings (SSSR count). The van der Waals surface area contributed by atoms with Crippen molar-refractivity contribution in [1.29, 1.82) is 0 Å². The molecule has 0 bridgehead atoms. The number of carbonyl (C=O) groups excluding carboxylic acids is 2. The summed E-state index contributed by atoms with van der Waals surface area (Å²) in [5, 5.41) is 2.67. The minimum Gasteiger partial charge on any atom is -0.294 e. The molecule has 2 aromatic rings. The van der Waals surface area contributed by atoms with Crippen LogP contribution in [0.25, 0.3) is 0 Å². The van der Waals surface area contributed by atoms with Gasteiger partial charge in [-0.05, 0) is 29.6 Å². The van der Waals surface area contributed by atoms with E-state index in [4.69, 9.17) is 23.2 Å². The molecule has 0 amide bonds. The number of hydrogen-bond donors (Lipinski definition) is 0. The maximum absolute atomic E-state index is 12.0. The van der Waals surface area contributed by atoms with E-state index in [2.05, 4.69) is 0 Å². The van der Waals surface area contributed by atoms with Crippen LogP contribution in [0.3, 0.4) is 0 Å². The molecule has 98 valence electrons. The standard InChI is InChI=1S/C14H10Cl2O2S/c15-10-6-9(7-11(16)8-10)12(17)3-4-13(18)14-2-1-5-19-14/h1-2,5-8H,3-4H2. The fourth-order valence-corrected chi connectivity index (χ4v) is 2.87. The van der Waals surface area contributed by atoms with E-state index in [9.17, 15) is 9.59 Å². The summed E-state index contributed by atoms with van der Waals surface area (Å²) in [4.78, 5) is 24.4. The number of ketones is 2. The summed E-state index contributed by atoms with van der Waals surface area (Å²) in [5.41, 5.74) is 0.441. The second kappa shape index (κ2) is 6.33. The van der Waals surface area contributed by atoms with Crippen LogP contribution in [0.4, 0.5) is 0 Å². The van der Waals surface area contributed by atoms with Crippen molar-refractivity contribution in [1.82, 2.24) is 0 Å². The maximum Gasteiger partial charge on any atom is 0.173 e. The molecule has 0 N–H and O–H groups in total. The van der Waals surface area contributed by atoms with E-state index in [1.165, 1.54) is 11.3 Å². The van der Waals surface area contributed by atoms with Gasteiger partial charge in [0.1, 0.15) is 0 Å². The predicted octanol–water partition coefficient (Wildman–Crippen LogP) is 4.90. The van der Waals surface area contributed by atoms with E-state index in [-0.39, 0.29) is 24.4 Å². The van der Waals surface area contributed by atoms with Gasteiger partial charge in [0.05, 0.1) is 4.88 Å². The molecule has 5 heteroatoms. The van der Waals surface area contributed by atoms with Gasteiger partial charge in [-0.3, -0.25) is 9.59 Å². The Bertz CT molecular complexity index is 586. The third kappa shape index (κ3) is 3.90. The van der Waals surface area contributed by atoms with Gasteiger partial charge in [0.2, 0.25) is 0 Å². The lowest BCUT2D eigenvalue weighted by molar-refractivity contribution is 0.0919. The highest BCUT2D eigenvalue weighted by Crippen LogP contribution is 2.21. The molecule has 19 heavy (non-hydrogen) atoms. The summed E-state index contributed by atoms with van der Waals surface area (Å²) in [6.45, 7) is 0. The second-order valence-corrected chi connectivity index (χ2v) is 5.80. The fourth-order valence-electron chi connectivity index (χ4n) is 1.65. The van der Waals surface area contributed by atoms with E-state index in [1.807, 2.05) is 11.4 Å². The van der Waals surface area contributed by atoms with Crippen molar-refractivity contribution in [3.63, 3.8) is 0 Å². The second-order valence-electron chi connectivity index (χ2n) is 3.98. The highest BCUT2D eigenvalue weighted by molar-refractivity contribution is 7.12. The van der Waals surface area contributed by atoms with Crippen LogP contribution in [0, 0.1) is 0 Å². The van der Waals surface area contributed by atoms with Crippen molar-refractivity contribution < 1.29 is 9.59 Å². The first-order valence-corrected chi connectivity index (χ1v) is 7.26. The summed E-state index contributed by atoms with van der Waals surface area (Å²) in [5.74, 6) is -0.147. The first-order chi connectivity index (χ1) is 9.06. The smallest absolute Gasteiger partial charge is 0.173 e. The van der Waals surface area contributed by atoms with E-state index in [1.54, 1.807) is 24.3 Å². The topological polar surface area (TPSA) is 34.1 Å². The number of thiophene rings is 1. The molecule has 1 heterocycles. The van der Waals surface area contributed by atoms with Crippen LogP contribution in [-0.2, 0) is 0 Å². The van der Waals surface area contributed by atoms with Crippen LogP contribution in [0.2, 0.25) is 10.0 Å². The van der Waals surface area contributed by atoms with Gasteiger partial charge in [-0.2, -0.15) is 0 Å². The SMILES string of the molecule is O=C(CCC(=O)c1cccs1)c1cc(Cl)cc(Cl)c1. The quantitative estimate of drug-likeness (QED) is 0.736. The molecule has 0 saturated heterocycles. The van der Waals surface area contributed by atoms with Crippen molar-refractivity contribution in [2.75, 3.05) is 0 Å². The van der Waals surface area contributed by atoms with Gasteiger partial charge < -0.3 is 0 Å². The molecule has 0 atom stereocenters. The van der Waals surface area contributed by atoms with Crippen LogP contribution in [0.5, 0.6) is 0 Å². The summed E-state index contributed by atoms with van der Waals surface area (Å²) >= 11 is 13.1. The third-order valence-electron chi connectivity index (χ3n) is 2.56. The molecule has 0 saturated carbocycles. The van der Waals surface area contributed by atoms with Gasteiger partial charge >= 0.3 is 0 Å². The van der Waals surface area contributed by atoms with Crippen LogP contribution >= 0.6 is 34.5 Å². The molecule has 0 unspecified atom stereocenters. The maximum atomic E-state index is 12.0. The molecule has 0 aliphatic carbocycles. The van der Waals surface area contributed by atoms with E-state index in [0.717, 1.165) is 0 Å². The Morgan fingerprint density at radius 3 is 2.21 bits per heavy atom. The zero-order valence-electron chi connectivity index (χ0n) is 9.86. The number of carbonyl (C=O) groups is 2. The van der Waals surface area contributed by atoms with Gasteiger partial charge in [0.25, 0.3) is 0 Å². The van der Waals surface area contributed by atoms with Crippen LogP contribution in [-0.4, -0.2) is 11.6 Å². The highest BCUT2D eigenvalue weighted by Gasteiger charge is 2.12. The van der Waals surface area contributed by atoms with E-state index >= 15 is 0 Å². The Morgan fingerprint density at radius 2 is 1.63 bits per heavy atom. The number of Topliss-reactive ketones (excluding diaryl/α,β-unsaturated/α-hetero) is 2. The average Bonchev–Trinajstić information content (AvgIpc) is 2.88. The lowest BCUT2D eigenvalue weighted by atomic mass is 10.0. The highest BCUT2D eigenvalue weighted by atomic mass is 35.5. The van der Waals surface area contributed by atoms with Gasteiger partial charge in [-0.25, -0.2) is 0 Å². The molecule has 1 aromatic heterocycles. The monoisotopic (exact) mass is 312 g/mol. The van der Waals surface area contributed by atoms with Gasteiger partial charge in [0.15, 0.2) is 11.6 Å². The lowest BCUT2D eigenvalue weighted by Gasteiger charge is -2.02. The summed E-state index contributed by atoms with van der Waals surface area (Å²) in [6.07, 6.45) is 0.358. The van der Waals surface area contributed by atoms with Crippen molar-refractivity contribution in [2.45, 2.75) is 12.8 Å². The summed E-state index contributed by atoms with van der Waals surface area (Å²) in [7, 11) is 0. The Morgan fingerprint density at radius 1 is 1.00 bits per heavy atom. The molecule has 0 aliphatic rings. The van der Waals surface area contributed by atoms with Crippen LogP contribution in [0.1, 0.15) is 32.9 Å². The Balaban J connectivity index is 2.00. The van der Waals surface area contributed by atoms with Gasteiger partial charge in [-0.1, -0.05) is 29.3 Å². The number of rotatable bonds is 5. The lowest BCUT2D eigenvalue weighted by Crippen LogP contribution is -2.04. The molecular formula is C14H10Cl2O2S. The number of benzene rings is 1. The Hall–Kier alpha value is -1.16. The summed E-state index contributed by atoms with van der Waals surface area (Å²) < 4.78 is 0. The number of halogens is 2. The predicted molar refractivity (Wildman–Crippen MR) is 78.7 cm³/mol. The number of hydrogen-bond acceptors (Lipinski definition) is 3. The van der Waals surface area contributed by atoms with E-state index in [0.29, 0.717) is 20.5 Å². The van der Waals surface area contributed by atoms with Crippen molar-refractivity contribution in [3.8, 4) is 0 Å². The summed E-state index contributed by atoms with van der Waals surface area (Å²) in [6, 6.07) is 8.26. The zero-order chi connectivity index (χ0) is 13.8. The van der Waals surface area contributed by atoms with Gasteiger partial charge in [0, 0.05) is 28.5 Å². The van der Waals surface area contributed by atoms with Crippen LogP contribution in [0.15, 0.2) is 35.7 Å². The zero-order valence-corrected chi connectivity index (χ0v) is 12.2. The van der Waals surface area contributed by atoms with Crippen molar-refractivity contribution >= 4 is 46.1 Å².